The summed E-state index contributed by atoms with van der Waals surface area (Å²) in [5.41, 5.74) is 8.59. The maximum absolute atomic E-state index is 12.9. The van der Waals surface area contributed by atoms with Gasteiger partial charge in [0.2, 0.25) is 0 Å². The lowest BCUT2D eigenvalue weighted by Crippen LogP contribution is -1.84. The van der Waals surface area contributed by atoms with Gasteiger partial charge in [-0.15, -0.1) is 0 Å². The summed E-state index contributed by atoms with van der Waals surface area (Å²) in [5.74, 6) is -0.215. The van der Waals surface area contributed by atoms with E-state index >= 15 is 0 Å². The summed E-state index contributed by atoms with van der Waals surface area (Å²) >= 11 is 0. The molecular weight excluding hydrogens is 225 g/mol. The van der Waals surface area contributed by atoms with Gasteiger partial charge in [-0.1, -0.05) is 30.3 Å². The molecule has 0 unspecified atom stereocenters. The molecule has 1 nitrogen and oxygen atoms in total. The van der Waals surface area contributed by atoms with E-state index in [1.165, 1.54) is 12.1 Å². The molecule has 0 amide bonds. The van der Waals surface area contributed by atoms with Crippen LogP contribution < -0.4 is 5.73 Å². The third-order valence-corrected chi connectivity index (χ3v) is 3.04. The zero-order valence-corrected chi connectivity index (χ0v) is 9.73. The van der Waals surface area contributed by atoms with Crippen LogP contribution in [0.3, 0.4) is 0 Å². The summed E-state index contributed by atoms with van der Waals surface area (Å²) < 4.78 is 12.9. The number of hydrogen-bond acceptors (Lipinski definition) is 1. The van der Waals surface area contributed by atoms with Gasteiger partial charge >= 0.3 is 0 Å². The zero-order valence-electron chi connectivity index (χ0n) is 9.73. The Morgan fingerprint density at radius 3 is 2.06 bits per heavy atom. The SMILES string of the molecule is Nc1ccc2cc(-c3ccc(F)cc3)ccc2c1. The van der Waals surface area contributed by atoms with Gasteiger partial charge in [0.1, 0.15) is 5.82 Å². The third-order valence-electron chi connectivity index (χ3n) is 3.04. The van der Waals surface area contributed by atoms with Crippen LogP contribution in [0.1, 0.15) is 0 Å². The Kier molecular flexibility index (Phi) is 2.49. The number of benzene rings is 3. The Balaban J connectivity index is 2.13. The first kappa shape index (κ1) is 10.8. The molecule has 0 heterocycles. The molecule has 0 aliphatic rings. The van der Waals surface area contributed by atoms with Crippen molar-refractivity contribution in [3.05, 3.63) is 66.5 Å². The van der Waals surface area contributed by atoms with E-state index in [0.29, 0.717) is 0 Å². The molecule has 0 spiro atoms. The summed E-state index contributed by atoms with van der Waals surface area (Å²) in [5, 5.41) is 2.24. The van der Waals surface area contributed by atoms with Crippen molar-refractivity contribution in [2.75, 3.05) is 5.73 Å². The molecule has 3 aromatic carbocycles. The third kappa shape index (κ3) is 1.93. The van der Waals surface area contributed by atoms with Crippen LogP contribution in [0.2, 0.25) is 0 Å². The molecule has 88 valence electrons. The van der Waals surface area contributed by atoms with Gasteiger partial charge in [0.25, 0.3) is 0 Å². The summed E-state index contributed by atoms with van der Waals surface area (Å²) in [7, 11) is 0. The molecule has 0 aromatic heterocycles. The molecule has 0 aliphatic heterocycles. The number of nitrogen functional groups attached to an aromatic ring is 1. The number of fused-ring (bicyclic) bond motifs is 1. The monoisotopic (exact) mass is 237 g/mol. The van der Waals surface area contributed by atoms with E-state index in [2.05, 4.69) is 6.07 Å². The van der Waals surface area contributed by atoms with Gasteiger partial charge in [-0.05, 0) is 52.2 Å². The highest BCUT2D eigenvalue weighted by Gasteiger charge is 2.00. The van der Waals surface area contributed by atoms with Crippen LogP contribution >= 0.6 is 0 Å². The lowest BCUT2D eigenvalue weighted by molar-refractivity contribution is 0.628. The topological polar surface area (TPSA) is 26.0 Å². The van der Waals surface area contributed by atoms with Gasteiger partial charge in [0.05, 0.1) is 0 Å². The summed E-state index contributed by atoms with van der Waals surface area (Å²) in [6.07, 6.45) is 0. The minimum absolute atomic E-state index is 0.215. The number of rotatable bonds is 1. The van der Waals surface area contributed by atoms with Crippen LogP contribution in [0.25, 0.3) is 21.9 Å². The van der Waals surface area contributed by atoms with Gasteiger partial charge in [-0.25, -0.2) is 4.39 Å². The summed E-state index contributed by atoms with van der Waals surface area (Å²) in [4.78, 5) is 0. The quantitative estimate of drug-likeness (QED) is 0.630. The minimum atomic E-state index is -0.215. The molecule has 0 radical (unpaired) electrons. The zero-order chi connectivity index (χ0) is 12.5. The van der Waals surface area contributed by atoms with Crippen LogP contribution in [-0.4, -0.2) is 0 Å². The first-order valence-electron chi connectivity index (χ1n) is 5.78. The number of anilines is 1. The summed E-state index contributed by atoms with van der Waals surface area (Å²) in [6, 6.07) is 18.5. The van der Waals surface area contributed by atoms with Crippen LogP contribution in [-0.2, 0) is 0 Å². The van der Waals surface area contributed by atoms with E-state index in [1.54, 1.807) is 12.1 Å². The fourth-order valence-corrected chi connectivity index (χ4v) is 2.09. The molecule has 3 rings (SSSR count). The lowest BCUT2D eigenvalue weighted by Gasteiger charge is -2.05. The van der Waals surface area contributed by atoms with E-state index in [1.807, 2.05) is 30.3 Å². The molecule has 0 aliphatic carbocycles. The van der Waals surface area contributed by atoms with Crippen molar-refractivity contribution in [1.82, 2.24) is 0 Å². The highest BCUT2D eigenvalue weighted by molar-refractivity contribution is 5.89. The Morgan fingerprint density at radius 2 is 1.28 bits per heavy atom. The molecule has 0 atom stereocenters. The number of hydrogen-bond donors (Lipinski definition) is 1. The van der Waals surface area contributed by atoms with Crippen molar-refractivity contribution in [1.29, 1.82) is 0 Å². The van der Waals surface area contributed by atoms with Gasteiger partial charge in [0.15, 0.2) is 0 Å². The van der Waals surface area contributed by atoms with Crippen molar-refractivity contribution in [2.24, 2.45) is 0 Å². The first-order chi connectivity index (χ1) is 8.72. The van der Waals surface area contributed by atoms with Crippen molar-refractivity contribution in [3.8, 4) is 11.1 Å². The second-order valence-corrected chi connectivity index (χ2v) is 4.33. The van der Waals surface area contributed by atoms with Gasteiger partial charge < -0.3 is 5.73 Å². The van der Waals surface area contributed by atoms with Crippen molar-refractivity contribution < 1.29 is 4.39 Å². The number of nitrogens with two attached hydrogens (primary N) is 1. The fraction of sp³-hybridized carbons (Fsp3) is 0. The molecule has 0 saturated carbocycles. The molecule has 0 saturated heterocycles. The smallest absolute Gasteiger partial charge is 0.123 e. The van der Waals surface area contributed by atoms with E-state index in [4.69, 9.17) is 5.73 Å². The lowest BCUT2D eigenvalue weighted by atomic mass is 10.0. The van der Waals surface area contributed by atoms with Gasteiger partial charge in [-0.3, -0.25) is 0 Å². The highest BCUT2D eigenvalue weighted by Crippen LogP contribution is 2.25. The average molecular weight is 237 g/mol. The van der Waals surface area contributed by atoms with Crippen molar-refractivity contribution in [2.45, 2.75) is 0 Å². The normalized spacial score (nSPS) is 10.7. The van der Waals surface area contributed by atoms with Gasteiger partial charge in [-0.2, -0.15) is 0 Å². The highest BCUT2D eigenvalue weighted by atomic mass is 19.1. The second-order valence-electron chi connectivity index (χ2n) is 4.33. The largest absolute Gasteiger partial charge is 0.399 e. The van der Waals surface area contributed by atoms with Crippen LogP contribution in [0.15, 0.2) is 60.7 Å². The van der Waals surface area contributed by atoms with Crippen LogP contribution in [0, 0.1) is 5.82 Å². The predicted octanol–water partition coefficient (Wildman–Crippen LogP) is 4.23. The standard InChI is InChI=1S/C16H12FN/c17-15-6-3-11(4-7-15)12-1-2-14-10-16(18)8-5-13(14)9-12/h1-10H,18H2. The predicted molar refractivity (Wildman–Crippen MR) is 73.8 cm³/mol. The molecule has 2 heteroatoms. The Labute approximate surface area is 105 Å². The van der Waals surface area contributed by atoms with Crippen LogP contribution in [0.5, 0.6) is 0 Å². The molecule has 0 fully saturated rings. The second kappa shape index (κ2) is 4.15. The van der Waals surface area contributed by atoms with Gasteiger partial charge in [0, 0.05) is 5.69 Å². The fourth-order valence-electron chi connectivity index (χ4n) is 2.09. The Bertz CT molecular complexity index is 702. The average Bonchev–Trinajstić information content (AvgIpc) is 2.39. The molecular formula is C16H12FN. The molecule has 2 N–H and O–H groups in total. The first-order valence-corrected chi connectivity index (χ1v) is 5.78. The molecule has 0 bridgehead atoms. The maximum atomic E-state index is 12.9. The van der Waals surface area contributed by atoms with E-state index in [0.717, 1.165) is 27.6 Å². The van der Waals surface area contributed by atoms with Crippen molar-refractivity contribution >= 4 is 16.5 Å². The maximum Gasteiger partial charge on any atom is 0.123 e. The van der Waals surface area contributed by atoms with E-state index in [9.17, 15) is 4.39 Å². The molecule has 18 heavy (non-hydrogen) atoms. The Morgan fingerprint density at radius 1 is 0.667 bits per heavy atom. The van der Waals surface area contributed by atoms with E-state index < -0.39 is 0 Å². The van der Waals surface area contributed by atoms with Crippen molar-refractivity contribution in [3.63, 3.8) is 0 Å². The summed E-state index contributed by atoms with van der Waals surface area (Å²) in [6.45, 7) is 0. The number of halogens is 1. The minimum Gasteiger partial charge on any atom is -0.399 e. The van der Waals surface area contributed by atoms with Crippen LogP contribution in [0.4, 0.5) is 10.1 Å². The van der Waals surface area contributed by atoms with E-state index in [-0.39, 0.29) is 5.82 Å². The molecule has 3 aromatic rings. The Hall–Kier alpha value is -2.35.